The Balaban J connectivity index is 0.00000115. The molecule has 0 unspecified atom stereocenters. The van der Waals surface area contributed by atoms with E-state index in [1.807, 2.05) is 29.6 Å². The van der Waals surface area contributed by atoms with Crippen molar-refractivity contribution in [3.05, 3.63) is 183 Å². The Hall–Kier alpha value is -6.72. The summed E-state index contributed by atoms with van der Waals surface area (Å²) in [6.45, 7) is 5.25. The molecule has 0 bridgehead atoms. The highest BCUT2D eigenvalue weighted by atomic mass is 32.1. The highest BCUT2D eigenvalue weighted by molar-refractivity contribution is 7.27. The van der Waals surface area contributed by atoms with Gasteiger partial charge in [-0.2, -0.15) is 0 Å². The van der Waals surface area contributed by atoms with Gasteiger partial charge < -0.3 is 9.13 Å². The lowest BCUT2D eigenvalue weighted by Gasteiger charge is -2.11. The molecule has 9 aromatic carbocycles. The number of rotatable bonds is 2. The fourth-order valence-corrected chi connectivity index (χ4v) is 11.7. The van der Waals surface area contributed by atoms with E-state index in [1.165, 1.54) is 117 Å². The molecule has 0 atom stereocenters. The molecule has 2 nitrogen and oxygen atoms in total. The number of fused-ring (bicyclic) bond motifs is 16. The Kier molecular flexibility index (Phi) is 7.07. The predicted molar refractivity (Wildman–Crippen MR) is 252 cm³/mol. The summed E-state index contributed by atoms with van der Waals surface area (Å²) in [6, 6.07) is 63.4. The fourth-order valence-electron chi connectivity index (χ4n) is 9.25. The fraction of sp³-hybridized carbons (Fsp3) is 0.0189. The first-order valence-corrected chi connectivity index (χ1v) is 21.0. The van der Waals surface area contributed by atoms with E-state index in [9.17, 15) is 0 Å². The van der Waals surface area contributed by atoms with E-state index < -0.39 is 0 Å². The van der Waals surface area contributed by atoms with Gasteiger partial charge in [-0.15, -0.1) is 29.3 Å². The Morgan fingerprint density at radius 1 is 0.368 bits per heavy atom. The van der Waals surface area contributed by atoms with E-state index in [0.717, 1.165) is 0 Å². The van der Waals surface area contributed by atoms with E-state index >= 15 is 0 Å². The third-order valence-electron chi connectivity index (χ3n) is 11.7. The number of nitrogens with zero attached hydrogens (tertiary/aromatic N) is 2. The molecule has 4 heterocycles. The van der Waals surface area contributed by atoms with Gasteiger partial charge in [0.2, 0.25) is 0 Å². The average Bonchev–Trinajstić information content (AvgIpc) is 4.00. The van der Waals surface area contributed by atoms with E-state index in [1.54, 1.807) is 6.08 Å². The summed E-state index contributed by atoms with van der Waals surface area (Å²) in [4.78, 5) is 0. The van der Waals surface area contributed by atoms with Gasteiger partial charge in [-0.25, -0.2) is 0 Å². The summed E-state index contributed by atoms with van der Waals surface area (Å²) in [5, 5.41) is 15.6. The summed E-state index contributed by atoms with van der Waals surface area (Å²) in [5.41, 5.74) is 7.22. The van der Waals surface area contributed by atoms with Crippen molar-refractivity contribution in [2.45, 2.75) is 6.92 Å². The lowest BCUT2D eigenvalue weighted by Crippen LogP contribution is -1.95. The summed E-state index contributed by atoms with van der Waals surface area (Å²) < 4.78 is 10.3. The molecule has 4 aromatic heterocycles. The SMILES string of the molecule is C=CC.c1ccc(-n2c3ccc(-n4c5ccccc5c5cc6c(ccc7c8ccccc8sc67)cc54)cc3c3cc4c(ccc5c6ccccc6sc45)cc32)cc1. The van der Waals surface area contributed by atoms with E-state index in [0.29, 0.717) is 0 Å². The van der Waals surface area contributed by atoms with Crippen LogP contribution in [0.5, 0.6) is 0 Å². The summed E-state index contributed by atoms with van der Waals surface area (Å²) >= 11 is 3.81. The highest BCUT2D eigenvalue weighted by Gasteiger charge is 2.20. The number of thiophene rings is 2. The Labute approximate surface area is 336 Å². The molecule has 13 rings (SSSR count). The number of allylic oxidation sites excluding steroid dienone is 1. The normalized spacial score (nSPS) is 12.0. The largest absolute Gasteiger partial charge is 0.309 e. The van der Waals surface area contributed by atoms with Crippen molar-refractivity contribution in [2.24, 2.45) is 0 Å². The molecule has 13 aromatic rings. The van der Waals surface area contributed by atoms with Gasteiger partial charge in [0.15, 0.2) is 0 Å². The van der Waals surface area contributed by atoms with Crippen LogP contribution in [-0.4, -0.2) is 9.13 Å². The zero-order chi connectivity index (χ0) is 37.8. The average molecular weight is 763 g/mol. The summed E-state index contributed by atoms with van der Waals surface area (Å²) in [5.74, 6) is 0. The minimum absolute atomic E-state index is 1.17. The van der Waals surface area contributed by atoms with Crippen molar-refractivity contribution in [3.8, 4) is 11.4 Å². The quantitative estimate of drug-likeness (QED) is 0.155. The molecular weight excluding hydrogens is 729 g/mol. The number of para-hydroxylation sites is 2. The Morgan fingerprint density at radius 2 is 0.842 bits per heavy atom. The van der Waals surface area contributed by atoms with Gasteiger partial charge in [0.1, 0.15) is 0 Å². The molecule has 268 valence electrons. The van der Waals surface area contributed by atoms with Gasteiger partial charge in [0.25, 0.3) is 0 Å². The predicted octanol–water partition coefficient (Wildman–Crippen LogP) is 16.1. The van der Waals surface area contributed by atoms with E-state index in [2.05, 4.69) is 186 Å². The van der Waals surface area contributed by atoms with Crippen LogP contribution in [0, 0.1) is 0 Å². The summed E-state index contributed by atoms with van der Waals surface area (Å²) in [6.07, 6.45) is 1.75. The van der Waals surface area contributed by atoms with Crippen molar-refractivity contribution in [1.29, 1.82) is 0 Å². The Bertz CT molecular complexity index is 3780. The minimum Gasteiger partial charge on any atom is -0.309 e. The van der Waals surface area contributed by atoms with Gasteiger partial charge in [-0.3, -0.25) is 0 Å². The molecule has 0 amide bonds. The molecule has 0 spiro atoms. The second-order valence-corrected chi connectivity index (χ2v) is 17.0. The maximum Gasteiger partial charge on any atom is 0.0547 e. The van der Waals surface area contributed by atoms with E-state index in [4.69, 9.17) is 0 Å². The number of hydrogen-bond donors (Lipinski definition) is 0. The lowest BCUT2D eigenvalue weighted by atomic mass is 10.0. The standard InChI is InChI=1S/C50H28N2S2.C3H6/c1-2-10-31(11-3-1)51-44-23-20-32(26-40(44)42-28-39-30(25-46(42)51)19-22-37-35-14-6-9-17-48(35)54-50(37)39)52-43-15-7-4-12-33(43)41-27-38-29(24-45(41)52)18-21-36-34-13-5-8-16-47(34)53-49(36)38;1-3-2/h1-28H;3H,1H2,2H3. The van der Waals surface area contributed by atoms with Crippen LogP contribution in [-0.2, 0) is 0 Å². The molecule has 57 heavy (non-hydrogen) atoms. The molecule has 0 aliphatic rings. The van der Waals surface area contributed by atoms with Gasteiger partial charge >= 0.3 is 0 Å². The molecule has 4 heteroatoms. The van der Waals surface area contributed by atoms with Crippen LogP contribution >= 0.6 is 22.7 Å². The lowest BCUT2D eigenvalue weighted by molar-refractivity contribution is 1.17. The zero-order valence-electron chi connectivity index (χ0n) is 31.2. The highest BCUT2D eigenvalue weighted by Crippen LogP contribution is 2.45. The van der Waals surface area contributed by atoms with Gasteiger partial charge in [-0.05, 0) is 90.5 Å². The number of aromatic nitrogens is 2. The Morgan fingerprint density at radius 3 is 1.46 bits per heavy atom. The van der Waals surface area contributed by atoms with Crippen molar-refractivity contribution < 1.29 is 0 Å². The smallest absolute Gasteiger partial charge is 0.0547 e. The molecule has 0 N–H and O–H groups in total. The number of benzene rings is 9. The maximum absolute atomic E-state index is 3.36. The molecule has 0 radical (unpaired) electrons. The minimum atomic E-state index is 1.17. The van der Waals surface area contributed by atoms with E-state index in [-0.39, 0.29) is 0 Å². The van der Waals surface area contributed by atoms with Crippen LogP contribution in [0.1, 0.15) is 6.92 Å². The van der Waals surface area contributed by atoms with Crippen molar-refractivity contribution >= 4 is 128 Å². The molecule has 0 saturated heterocycles. The van der Waals surface area contributed by atoms with Gasteiger partial charge in [-0.1, -0.05) is 103 Å². The first-order chi connectivity index (χ1) is 28.2. The van der Waals surface area contributed by atoms with Crippen LogP contribution in [0.15, 0.2) is 183 Å². The second kappa shape index (κ2) is 12.4. The molecular formula is C53H34N2S2. The van der Waals surface area contributed by atoms with Crippen LogP contribution in [0.3, 0.4) is 0 Å². The second-order valence-electron chi connectivity index (χ2n) is 14.9. The van der Waals surface area contributed by atoms with Gasteiger partial charge in [0.05, 0.1) is 22.1 Å². The zero-order valence-corrected chi connectivity index (χ0v) is 32.8. The van der Waals surface area contributed by atoms with Crippen LogP contribution in [0.25, 0.3) is 117 Å². The monoisotopic (exact) mass is 762 g/mol. The molecule has 0 aliphatic carbocycles. The third kappa shape index (κ3) is 4.69. The first kappa shape index (κ1) is 32.5. The van der Waals surface area contributed by atoms with Crippen LogP contribution in [0.2, 0.25) is 0 Å². The maximum atomic E-state index is 3.36. The topological polar surface area (TPSA) is 9.86 Å². The van der Waals surface area contributed by atoms with Crippen molar-refractivity contribution in [3.63, 3.8) is 0 Å². The number of hydrogen-bond acceptors (Lipinski definition) is 2. The first-order valence-electron chi connectivity index (χ1n) is 19.4. The molecule has 0 saturated carbocycles. The van der Waals surface area contributed by atoms with Gasteiger partial charge in [0, 0.05) is 84.0 Å². The molecule has 0 aliphatic heterocycles. The summed E-state index contributed by atoms with van der Waals surface area (Å²) in [7, 11) is 0. The van der Waals surface area contributed by atoms with Crippen LogP contribution in [0.4, 0.5) is 0 Å². The molecule has 0 fully saturated rings. The third-order valence-corrected chi connectivity index (χ3v) is 14.1. The van der Waals surface area contributed by atoms with Crippen molar-refractivity contribution in [1.82, 2.24) is 9.13 Å². The van der Waals surface area contributed by atoms with Crippen LogP contribution < -0.4 is 0 Å². The van der Waals surface area contributed by atoms with Crippen molar-refractivity contribution in [2.75, 3.05) is 0 Å².